The molecule has 0 aromatic heterocycles. The Morgan fingerprint density at radius 2 is 1.87 bits per heavy atom. The molecule has 1 N–H and O–H groups in total. The van der Waals surface area contributed by atoms with Crippen LogP contribution >= 0.6 is 0 Å². The molecule has 2 aromatic rings. The van der Waals surface area contributed by atoms with Crippen molar-refractivity contribution in [2.24, 2.45) is 0 Å². The van der Waals surface area contributed by atoms with Crippen molar-refractivity contribution in [1.82, 2.24) is 0 Å². The van der Waals surface area contributed by atoms with Gasteiger partial charge < -0.3 is 10.1 Å². The summed E-state index contributed by atoms with van der Waals surface area (Å²) in [5, 5.41) is 13.7. The summed E-state index contributed by atoms with van der Waals surface area (Å²) in [6.45, 7) is 4.72. The number of anilines is 2. The number of non-ortho nitro benzene ring substituents is 1. The van der Waals surface area contributed by atoms with Crippen LogP contribution in [-0.2, 0) is 19.6 Å². The molecule has 31 heavy (non-hydrogen) atoms. The monoisotopic (exact) mass is 449 g/mol. The number of nitro benzene ring substituents is 1. The van der Waals surface area contributed by atoms with E-state index in [4.69, 9.17) is 4.74 Å². The van der Waals surface area contributed by atoms with E-state index in [9.17, 15) is 28.1 Å². The number of hydrogen-bond acceptors (Lipinski definition) is 7. The lowest BCUT2D eigenvalue weighted by Crippen LogP contribution is -2.45. The van der Waals surface area contributed by atoms with Crippen LogP contribution in [0.5, 0.6) is 0 Å². The van der Waals surface area contributed by atoms with Crippen LogP contribution < -0.4 is 9.62 Å². The van der Waals surface area contributed by atoms with E-state index in [0.717, 1.165) is 16.6 Å². The van der Waals surface area contributed by atoms with Crippen molar-refractivity contribution in [2.45, 2.75) is 26.8 Å². The van der Waals surface area contributed by atoms with E-state index in [1.807, 2.05) is 0 Å². The van der Waals surface area contributed by atoms with Gasteiger partial charge in [0, 0.05) is 12.1 Å². The summed E-state index contributed by atoms with van der Waals surface area (Å²) in [7, 11) is -4.00. The van der Waals surface area contributed by atoms with E-state index in [2.05, 4.69) is 5.32 Å². The van der Waals surface area contributed by atoms with E-state index in [-0.39, 0.29) is 29.2 Å². The fourth-order valence-corrected chi connectivity index (χ4v) is 4.17. The highest BCUT2D eigenvalue weighted by Gasteiger charge is 2.32. The van der Waals surface area contributed by atoms with Gasteiger partial charge in [-0.3, -0.25) is 19.2 Å². The second-order valence-corrected chi connectivity index (χ2v) is 8.58. The van der Waals surface area contributed by atoms with Crippen molar-refractivity contribution in [3.8, 4) is 0 Å². The highest BCUT2D eigenvalue weighted by Crippen LogP contribution is 2.29. The van der Waals surface area contributed by atoms with Gasteiger partial charge in [-0.25, -0.2) is 13.2 Å². The average Bonchev–Trinajstić information content (AvgIpc) is 2.68. The molecule has 0 bridgehead atoms. The molecule has 0 aliphatic heterocycles. The zero-order chi connectivity index (χ0) is 23.3. The van der Waals surface area contributed by atoms with Gasteiger partial charge in [-0.15, -0.1) is 0 Å². The summed E-state index contributed by atoms with van der Waals surface area (Å²) in [6, 6.07) is 8.64. The molecule has 11 heteroatoms. The zero-order valence-electron chi connectivity index (χ0n) is 17.5. The minimum absolute atomic E-state index is 0.0121. The second-order valence-electron chi connectivity index (χ2n) is 6.72. The summed E-state index contributed by atoms with van der Waals surface area (Å²) in [4.78, 5) is 35.6. The van der Waals surface area contributed by atoms with E-state index in [1.54, 1.807) is 26.0 Å². The van der Waals surface area contributed by atoms with Crippen LogP contribution in [0.25, 0.3) is 0 Å². The molecule has 0 heterocycles. The molecule has 0 unspecified atom stereocenters. The number of rotatable bonds is 8. The number of nitrogens with one attached hydrogen (secondary N) is 1. The Kier molecular flexibility index (Phi) is 7.34. The fraction of sp³-hybridized carbons (Fsp3) is 0.300. The molecule has 0 aliphatic rings. The number of hydrogen-bond donors (Lipinski definition) is 1. The number of nitro groups is 1. The highest BCUT2D eigenvalue weighted by atomic mass is 32.2. The average molecular weight is 449 g/mol. The Morgan fingerprint density at radius 1 is 1.23 bits per heavy atom. The minimum atomic E-state index is -4.00. The molecule has 0 saturated carbocycles. The summed E-state index contributed by atoms with van der Waals surface area (Å²) < 4.78 is 30.8. The number of nitrogens with zero attached hydrogens (tertiary/aromatic N) is 2. The van der Waals surface area contributed by atoms with Gasteiger partial charge in [-0.2, -0.15) is 0 Å². The lowest BCUT2D eigenvalue weighted by atomic mass is 10.1. The fourth-order valence-electron chi connectivity index (χ4n) is 2.95. The number of sulfonamides is 1. The third kappa shape index (κ3) is 5.57. The standard InChI is InChI=1S/C20H23N3O7S/c1-5-30-20(25)16-8-6-7-9-17(16)21-19(24)14(3)22(31(4,28)29)18-12-15(23(26)27)11-10-13(18)2/h6-12,14H,5H2,1-4H3,(H,21,24)/t14-/m0/s1. The quantitative estimate of drug-likeness (QED) is 0.372. The number of carbonyl (C=O) groups excluding carboxylic acids is 2. The molecule has 1 atom stereocenters. The molecule has 0 saturated heterocycles. The van der Waals surface area contributed by atoms with Gasteiger partial charge >= 0.3 is 5.97 Å². The van der Waals surface area contributed by atoms with Gasteiger partial charge in [0.1, 0.15) is 6.04 Å². The number of ether oxygens (including phenoxy) is 1. The number of benzene rings is 2. The second kappa shape index (κ2) is 9.56. The molecular formula is C20H23N3O7S. The van der Waals surface area contributed by atoms with Gasteiger partial charge in [0.25, 0.3) is 5.69 Å². The third-order valence-corrected chi connectivity index (χ3v) is 5.64. The Labute approximate surface area is 180 Å². The van der Waals surface area contributed by atoms with Crippen LogP contribution in [0, 0.1) is 17.0 Å². The van der Waals surface area contributed by atoms with Crippen molar-refractivity contribution in [3.63, 3.8) is 0 Å². The van der Waals surface area contributed by atoms with Crippen LogP contribution in [0.1, 0.15) is 29.8 Å². The van der Waals surface area contributed by atoms with Gasteiger partial charge in [0.05, 0.1) is 34.7 Å². The van der Waals surface area contributed by atoms with Crippen molar-refractivity contribution >= 4 is 39.0 Å². The maximum atomic E-state index is 12.9. The van der Waals surface area contributed by atoms with Crippen molar-refractivity contribution < 1.29 is 27.7 Å². The lowest BCUT2D eigenvalue weighted by Gasteiger charge is -2.29. The molecule has 0 spiro atoms. The third-order valence-electron chi connectivity index (χ3n) is 4.41. The highest BCUT2D eigenvalue weighted by molar-refractivity contribution is 7.92. The molecule has 0 fully saturated rings. The molecule has 2 aromatic carbocycles. The summed E-state index contributed by atoms with van der Waals surface area (Å²) in [6.07, 6.45) is 0.904. The molecule has 0 aliphatic carbocycles. The molecule has 0 radical (unpaired) electrons. The Balaban J connectivity index is 2.44. The Hall–Kier alpha value is -3.47. The van der Waals surface area contributed by atoms with Crippen LogP contribution in [0.3, 0.4) is 0 Å². The molecule has 1 amide bonds. The first-order valence-corrected chi connectivity index (χ1v) is 11.1. The predicted molar refractivity (Wildman–Crippen MR) is 116 cm³/mol. The molecule has 166 valence electrons. The SMILES string of the molecule is CCOC(=O)c1ccccc1NC(=O)[C@H](C)N(c1cc([N+](=O)[O-])ccc1C)S(C)(=O)=O. The Morgan fingerprint density at radius 3 is 2.45 bits per heavy atom. The number of para-hydroxylation sites is 1. The van der Waals surface area contributed by atoms with Crippen LogP contribution in [0.2, 0.25) is 0 Å². The topological polar surface area (TPSA) is 136 Å². The number of amides is 1. The maximum absolute atomic E-state index is 12.9. The maximum Gasteiger partial charge on any atom is 0.340 e. The normalized spacial score (nSPS) is 12.0. The van der Waals surface area contributed by atoms with Crippen molar-refractivity contribution in [1.29, 1.82) is 0 Å². The minimum Gasteiger partial charge on any atom is -0.462 e. The smallest absolute Gasteiger partial charge is 0.340 e. The first-order valence-electron chi connectivity index (χ1n) is 9.28. The summed E-state index contributed by atoms with van der Waals surface area (Å²) in [5.74, 6) is -1.37. The van der Waals surface area contributed by atoms with E-state index in [0.29, 0.717) is 5.56 Å². The van der Waals surface area contributed by atoms with E-state index in [1.165, 1.54) is 31.2 Å². The van der Waals surface area contributed by atoms with Gasteiger partial charge in [-0.05, 0) is 38.5 Å². The first kappa shape index (κ1) is 23.8. The zero-order valence-corrected chi connectivity index (χ0v) is 18.3. The lowest BCUT2D eigenvalue weighted by molar-refractivity contribution is -0.384. The van der Waals surface area contributed by atoms with E-state index < -0.39 is 32.9 Å². The Bertz CT molecular complexity index is 1120. The first-order chi connectivity index (χ1) is 14.5. The van der Waals surface area contributed by atoms with Crippen LogP contribution in [0.15, 0.2) is 42.5 Å². The van der Waals surface area contributed by atoms with Crippen LogP contribution in [-0.4, -0.2) is 44.1 Å². The van der Waals surface area contributed by atoms with Gasteiger partial charge in [0.15, 0.2) is 0 Å². The number of esters is 1. The van der Waals surface area contributed by atoms with E-state index >= 15 is 0 Å². The van der Waals surface area contributed by atoms with Crippen molar-refractivity contribution in [2.75, 3.05) is 22.5 Å². The van der Waals surface area contributed by atoms with Gasteiger partial charge in [0.2, 0.25) is 15.9 Å². The van der Waals surface area contributed by atoms with Gasteiger partial charge in [-0.1, -0.05) is 18.2 Å². The molecule has 10 nitrogen and oxygen atoms in total. The largest absolute Gasteiger partial charge is 0.462 e. The summed E-state index contributed by atoms with van der Waals surface area (Å²) in [5.41, 5.74) is 0.402. The molecule has 2 rings (SSSR count). The van der Waals surface area contributed by atoms with Crippen molar-refractivity contribution in [3.05, 3.63) is 63.7 Å². The predicted octanol–water partition coefficient (Wildman–Crippen LogP) is 2.87. The van der Waals surface area contributed by atoms with Crippen LogP contribution in [0.4, 0.5) is 17.1 Å². The molecular weight excluding hydrogens is 426 g/mol. The summed E-state index contributed by atoms with van der Waals surface area (Å²) >= 11 is 0. The number of aryl methyl sites for hydroxylation is 1. The number of carbonyl (C=O) groups is 2.